The molecule has 0 aromatic heterocycles. The molecule has 0 saturated heterocycles. The molecule has 3 atom stereocenters. The summed E-state index contributed by atoms with van der Waals surface area (Å²) in [7, 11) is 1.06. The van der Waals surface area contributed by atoms with Gasteiger partial charge in [-0.1, -0.05) is 0 Å². The van der Waals surface area contributed by atoms with Gasteiger partial charge in [0.25, 0.3) is 0 Å². The van der Waals surface area contributed by atoms with Gasteiger partial charge in [-0.3, -0.25) is 0 Å². The second kappa shape index (κ2) is 7.53. The fourth-order valence-corrected chi connectivity index (χ4v) is 1.31. The number of aliphatic hydroxyl groups excluding tert-OH is 5. The van der Waals surface area contributed by atoms with Crippen LogP contribution in [0.1, 0.15) is 0 Å². The lowest BCUT2D eigenvalue weighted by atomic mass is 9.88. The van der Waals surface area contributed by atoms with Gasteiger partial charge in [-0.05, 0) is 0 Å². The number of rotatable bonds is 7. The normalized spacial score (nSPS) is 16.9. The van der Waals surface area contributed by atoms with Crippen molar-refractivity contribution in [1.29, 1.82) is 0 Å². The van der Waals surface area contributed by atoms with Crippen molar-refractivity contribution in [3.63, 3.8) is 0 Å². The Morgan fingerprint density at radius 1 is 1.12 bits per heavy atom. The van der Waals surface area contributed by atoms with Crippen molar-refractivity contribution in [2.75, 3.05) is 26.9 Å². The smallest absolute Gasteiger partial charge is 0.335 e. The number of carbonyl (C=O) groups is 1. The van der Waals surface area contributed by atoms with Gasteiger partial charge in [-0.15, -0.1) is 0 Å². The quantitative estimate of drug-likeness (QED) is 0.301. The van der Waals surface area contributed by atoms with E-state index < -0.39 is 49.8 Å². The molecule has 0 rings (SSSR count). The van der Waals surface area contributed by atoms with Crippen LogP contribution >= 0.6 is 0 Å². The highest BCUT2D eigenvalue weighted by molar-refractivity contribution is 5.74. The van der Waals surface area contributed by atoms with Crippen molar-refractivity contribution in [2.24, 2.45) is 11.8 Å². The third kappa shape index (κ3) is 3.69. The van der Waals surface area contributed by atoms with Crippen LogP contribution in [-0.2, 0) is 9.53 Å². The summed E-state index contributed by atoms with van der Waals surface area (Å²) in [5.74, 6) is -3.14. The Kier molecular flexibility index (Phi) is 7.18. The van der Waals surface area contributed by atoms with Crippen LogP contribution in [0.2, 0.25) is 0 Å². The number of carbonyl (C=O) groups excluding carboxylic acids is 1. The molecule has 0 aromatic rings. The number of aliphatic hydroxyl groups is 5. The molecule has 96 valence electrons. The zero-order chi connectivity index (χ0) is 12.7. The van der Waals surface area contributed by atoms with E-state index in [1.165, 1.54) is 0 Å². The molecule has 0 saturated carbocycles. The van der Waals surface area contributed by atoms with Crippen LogP contribution in [0.25, 0.3) is 0 Å². The molecular weight excluding hydrogens is 220 g/mol. The maximum Gasteiger partial charge on any atom is 0.335 e. The highest BCUT2D eigenvalue weighted by atomic mass is 16.5. The Hall–Kier alpha value is -0.730. The van der Waals surface area contributed by atoms with Crippen LogP contribution in [0, 0.1) is 11.8 Å². The molecule has 3 unspecified atom stereocenters. The van der Waals surface area contributed by atoms with Gasteiger partial charge in [0.2, 0.25) is 0 Å². The molecule has 0 radical (unpaired) electrons. The van der Waals surface area contributed by atoms with Gasteiger partial charge in [0, 0.05) is 11.8 Å². The van der Waals surface area contributed by atoms with Crippen molar-refractivity contribution < 1.29 is 35.1 Å². The summed E-state index contributed by atoms with van der Waals surface area (Å²) in [6.45, 7) is -1.72. The topological polar surface area (TPSA) is 127 Å². The third-order valence-electron chi connectivity index (χ3n) is 2.45. The summed E-state index contributed by atoms with van der Waals surface area (Å²) in [4.78, 5) is 11.0. The molecule has 0 aliphatic carbocycles. The fourth-order valence-electron chi connectivity index (χ4n) is 1.31. The van der Waals surface area contributed by atoms with Crippen molar-refractivity contribution >= 4 is 5.97 Å². The Morgan fingerprint density at radius 3 is 1.94 bits per heavy atom. The third-order valence-corrected chi connectivity index (χ3v) is 2.45. The summed E-state index contributed by atoms with van der Waals surface area (Å²) >= 11 is 0. The van der Waals surface area contributed by atoms with Crippen LogP contribution in [0.4, 0.5) is 0 Å². The SMILES string of the molecule is COC(=O)C(O)C(CO)C(O)C(CO)CO. The van der Waals surface area contributed by atoms with Gasteiger partial charge in [0.05, 0.1) is 33.0 Å². The zero-order valence-electron chi connectivity index (χ0n) is 8.98. The molecule has 0 aliphatic heterocycles. The Bertz CT molecular complexity index is 204. The lowest BCUT2D eigenvalue weighted by molar-refractivity contribution is -0.160. The van der Waals surface area contributed by atoms with Crippen molar-refractivity contribution in [3.05, 3.63) is 0 Å². The first-order chi connectivity index (χ1) is 7.53. The van der Waals surface area contributed by atoms with Crippen molar-refractivity contribution in [3.8, 4) is 0 Å². The van der Waals surface area contributed by atoms with Crippen LogP contribution < -0.4 is 0 Å². The molecule has 0 heterocycles. The predicted molar refractivity (Wildman–Crippen MR) is 52.3 cm³/mol. The van der Waals surface area contributed by atoms with E-state index in [2.05, 4.69) is 4.74 Å². The highest BCUT2D eigenvalue weighted by Gasteiger charge is 2.36. The van der Waals surface area contributed by atoms with Gasteiger partial charge in [-0.2, -0.15) is 0 Å². The largest absolute Gasteiger partial charge is 0.467 e. The first-order valence-corrected chi connectivity index (χ1v) is 4.79. The number of hydrogen-bond donors (Lipinski definition) is 5. The number of esters is 1. The summed E-state index contributed by atoms with van der Waals surface area (Å²) in [5, 5.41) is 45.7. The first kappa shape index (κ1) is 15.3. The van der Waals surface area contributed by atoms with E-state index in [1.54, 1.807) is 0 Å². The lowest BCUT2D eigenvalue weighted by Crippen LogP contribution is -2.45. The first-order valence-electron chi connectivity index (χ1n) is 4.79. The minimum Gasteiger partial charge on any atom is -0.467 e. The van der Waals surface area contributed by atoms with E-state index >= 15 is 0 Å². The van der Waals surface area contributed by atoms with Crippen LogP contribution in [0.3, 0.4) is 0 Å². The zero-order valence-corrected chi connectivity index (χ0v) is 8.98. The molecule has 7 nitrogen and oxygen atoms in total. The maximum absolute atomic E-state index is 11.0. The minimum absolute atomic E-state index is 0.526. The number of methoxy groups -OCH3 is 1. The van der Waals surface area contributed by atoms with Gasteiger partial charge >= 0.3 is 5.97 Å². The molecule has 0 spiro atoms. The van der Waals surface area contributed by atoms with E-state index in [-0.39, 0.29) is 0 Å². The Balaban J connectivity index is 4.64. The molecule has 5 N–H and O–H groups in total. The molecular formula is C9H18O7. The summed E-state index contributed by atoms with van der Waals surface area (Å²) in [6.07, 6.45) is -3.11. The second-order valence-corrected chi connectivity index (χ2v) is 3.43. The summed E-state index contributed by atoms with van der Waals surface area (Å²) in [5.41, 5.74) is 0. The van der Waals surface area contributed by atoms with E-state index in [9.17, 15) is 15.0 Å². The highest BCUT2D eigenvalue weighted by Crippen LogP contribution is 2.17. The van der Waals surface area contributed by atoms with E-state index in [0.29, 0.717) is 0 Å². The van der Waals surface area contributed by atoms with E-state index in [0.717, 1.165) is 7.11 Å². The molecule has 0 bridgehead atoms. The fraction of sp³-hybridized carbons (Fsp3) is 0.889. The Labute approximate surface area is 92.9 Å². The van der Waals surface area contributed by atoms with Gasteiger partial charge < -0.3 is 30.3 Å². The van der Waals surface area contributed by atoms with Gasteiger partial charge in [-0.25, -0.2) is 4.79 Å². The number of ether oxygens (including phenoxy) is 1. The average molecular weight is 238 g/mol. The van der Waals surface area contributed by atoms with Crippen LogP contribution in [-0.4, -0.2) is 70.6 Å². The second-order valence-electron chi connectivity index (χ2n) is 3.43. The van der Waals surface area contributed by atoms with Crippen molar-refractivity contribution in [2.45, 2.75) is 12.2 Å². The minimum atomic E-state index is -1.70. The predicted octanol–water partition coefficient (Wildman–Crippen LogP) is -2.91. The molecule has 0 aromatic carbocycles. The van der Waals surface area contributed by atoms with Crippen LogP contribution in [0.15, 0.2) is 0 Å². The Morgan fingerprint density at radius 2 is 1.62 bits per heavy atom. The molecule has 7 heteroatoms. The average Bonchev–Trinajstić information content (AvgIpc) is 2.30. The van der Waals surface area contributed by atoms with Gasteiger partial charge in [0.1, 0.15) is 0 Å². The van der Waals surface area contributed by atoms with Crippen LogP contribution in [0.5, 0.6) is 0 Å². The van der Waals surface area contributed by atoms with E-state index in [4.69, 9.17) is 15.3 Å². The number of hydrogen-bond acceptors (Lipinski definition) is 7. The molecule has 0 amide bonds. The van der Waals surface area contributed by atoms with E-state index in [1.807, 2.05) is 0 Å². The molecule has 0 fully saturated rings. The van der Waals surface area contributed by atoms with Crippen molar-refractivity contribution in [1.82, 2.24) is 0 Å². The van der Waals surface area contributed by atoms with Gasteiger partial charge in [0.15, 0.2) is 6.10 Å². The standard InChI is InChI=1S/C9H18O7/c1-16-9(15)8(14)6(4-12)7(13)5(2-10)3-11/h5-8,10-14H,2-4H2,1H3. The lowest BCUT2D eigenvalue weighted by Gasteiger charge is -2.28. The molecule has 16 heavy (non-hydrogen) atoms. The maximum atomic E-state index is 11.0. The molecule has 0 aliphatic rings. The summed E-state index contributed by atoms with van der Waals surface area (Å²) < 4.78 is 4.26. The summed E-state index contributed by atoms with van der Waals surface area (Å²) in [6, 6.07) is 0. The monoisotopic (exact) mass is 238 g/mol.